The van der Waals surface area contributed by atoms with Crippen LogP contribution in [0.1, 0.15) is 174 Å². The van der Waals surface area contributed by atoms with Crippen LogP contribution in [0.2, 0.25) is 0 Å². The number of hydrogen-bond donors (Lipinski definition) is 4. The molecule has 13 heteroatoms. The summed E-state index contributed by atoms with van der Waals surface area (Å²) in [6.45, 7) is 4.07. The van der Waals surface area contributed by atoms with E-state index in [-0.39, 0.29) is 37.9 Å². The standard InChI is InChI=1S/C46H86NO11P/c1-6-8-10-11-12-13-14-15-16-17-18-19-20-21-26-30-45(51)55-37-40(38-57-59(53,54)56-35-34-47(3,4)5)58-46(52)31-27-23-22-25-29-41-42(44(50)36-43(41)49)33-32-39(48)28-24-9-7-2/h15-16,32-33,39-44,48-50H,6-14,17-31,34-38H2,1-5H3/p+1/b16-15-,33-32+/t39-,40+,41+,42+,43-,44+/m0/s1. The smallest absolute Gasteiger partial charge is 0.462 e. The van der Waals surface area contributed by atoms with Crippen molar-refractivity contribution in [2.24, 2.45) is 11.8 Å². The number of hydrogen-bond acceptors (Lipinski definition) is 10. The zero-order valence-electron chi connectivity index (χ0n) is 37.8. The quantitative estimate of drug-likeness (QED) is 0.0153. The largest absolute Gasteiger partial charge is 0.472 e. The number of carbonyl (C=O) groups excluding carboxylic acids is 2. The maximum Gasteiger partial charge on any atom is 0.472 e. The van der Waals surface area contributed by atoms with E-state index in [0.29, 0.717) is 36.7 Å². The van der Waals surface area contributed by atoms with E-state index in [1.165, 1.54) is 38.5 Å². The number of phosphoric ester groups is 1. The minimum atomic E-state index is -4.44. The Morgan fingerprint density at radius 1 is 0.729 bits per heavy atom. The predicted molar refractivity (Wildman–Crippen MR) is 236 cm³/mol. The number of aliphatic hydroxyl groups excluding tert-OH is 3. The minimum Gasteiger partial charge on any atom is -0.462 e. The van der Waals surface area contributed by atoms with Crippen LogP contribution in [0, 0.1) is 11.8 Å². The lowest BCUT2D eigenvalue weighted by molar-refractivity contribution is -0.870. The van der Waals surface area contributed by atoms with E-state index in [9.17, 15) is 34.4 Å². The van der Waals surface area contributed by atoms with Gasteiger partial charge in [-0.1, -0.05) is 128 Å². The molecule has 1 saturated carbocycles. The lowest BCUT2D eigenvalue weighted by Crippen LogP contribution is -2.37. The van der Waals surface area contributed by atoms with Crippen LogP contribution in [-0.4, -0.2) is 109 Å². The molecule has 1 aliphatic rings. The molecule has 0 aromatic rings. The molecule has 0 aliphatic heterocycles. The number of carbonyl (C=O) groups is 2. The van der Waals surface area contributed by atoms with Gasteiger partial charge in [0.05, 0.1) is 46.1 Å². The lowest BCUT2D eigenvalue weighted by atomic mass is 9.88. The molecule has 59 heavy (non-hydrogen) atoms. The van der Waals surface area contributed by atoms with Crippen molar-refractivity contribution in [2.75, 3.05) is 47.5 Å². The topological polar surface area (TPSA) is 169 Å². The number of esters is 2. The second-order valence-corrected chi connectivity index (χ2v) is 19.2. The molecule has 0 aromatic carbocycles. The summed E-state index contributed by atoms with van der Waals surface area (Å²) in [6.07, 6.45) is 28.6. The number of phosphoric acid groups is 1. The Labute approximate surface area is 358 Å². The first-order valence-corrected chi connectivity index (χ1v) is 24.8. The molecule has 7 atom stereocenters. The summed E-state index contributed by atoms with van der Waals surface area (Å²) in [6, 6.07) is 0. The maximum absolute atomic E-state index is 12.8. The van der Waals surface area contributed by atoms with E-state index in [1.54, 1.807) is 6.08 Å². The molecule has 0 aromatic heterocycles. The van der Waals surface area contributed by atoms with Crippen molar-refractivity contribution in [3.63, 3.8) is 0 Å². The molecule has 12 nitrogen and oxygen atoms in total. The summed E-state index contributed by atoms with van der Waals surface area (Å²) in [4.78, 5) is 35.6. The van der Waals surface area contributed by atoms with Crippen LogP contribution in [0.5, 0.6) is 0 Å². The Hall–Kier alpha value is -1.63. The summed E-state index contributed by atoms with van der Waals surface area (Å²) in [5, 5.41) is 31.5. The number of nitrogens with zero attached hydrogens (tertiary/aromatic N) is 1. The molecule has 1 unspecified atom stereocenters. The van der Waals surface area contributed by atoms with Crippen molar-refractivity contribution in [3.8, 4) is 0 Å². The average molecular weight is 861 g/mol. The van der Waals surface area contributed by atoms with Gasteiger partial charge in [-0.2, -0.15) is 0 Å². The highest BCUT2D eigenvalue weighted by Gasteiger charge is 2.39. The Morgan fingerprint density at radius 3 is 1.92 bits per heavy atom. The van der Waals surface area contributed by atoms with E-state index < -0.39 is 50.8 Å². The zero-order valence-corrected chi connectivity index (χ0v) is 38.7. The molecule has 0 spiro atoms. The van der Waals surface area contributed by atoms with Crippen molar-refractivity contribution in [2.45, 2.75) is 199 Å². The number of rotatable bonds is 38. The summed E-state index contributed by atoms with van der Waals surface area (Å²) in [5.41, 5.74) is 0. The zero-order chi connectivity index (χ0) is 43.8. The van der Waals surface area contributed by atoms with Crippen LogP contribution in [0.15, 0.2) is 24.3 Å². The Morgan fingerprint density at radius 2 is 1.29 bits per heavy atom. The van der Waals surface area contributed by atoms with Gasteiger partial charge in [0.25, 0.3) is 0 Å². The van der Waals surface area contributed by atoms with Gasteiger partial charge >= 0.3 is 19.8 Å². The van der Waals surface area contributed by atoms with Crippen LogP contribution in [0.25, 0.3) is 0 Å². The highest BCUT2D eigenvalue weighted by molar-refractivity contribution is 7.47. The Bertz CT molecular complexity index is 1180. The number of ether oxygens (including phenoxy) is 2. The fourth-order valence-corrected chi connectivity index (χ4v) is 8.08. The van der Waals surface area contributed by atoms with Crippen molar-refractivity contribution < 1.29 is 57.4 Å². The van der Waals surface area contributed by atoms with Gasteiger partial charge in [0.1, 0.15) is 19.8 Å². The summed E-state index contributed by atoms with van der Waals surface area (Å²) >= 11 is 0. The van der Waals surface area contributed by atoms with E-state index in [0.717, 1.165) is 83.5 Å². The first-order chi connectivity index (χ1) is 28.2. The van der Waals surface area contributed by atoms with Gasteiger partial charge in [0.15, 0.2) is 6.10 Å². The van der Waals surface area contributed by atoms with Gasteiger partial charge in [-0.3, -0.25) is 18.6 Å². The summed E-state index contributed by atoms with van der Waals surface area (Å²) < 4.78 is 34.3. The molecule has 0 bridgehead atoms. The van der Waals surface area contributed by atoms with Gasteiger partial charge in [-0.25, -0.2) is 4.57 Å². The molecular formula is C46H87NO11P+. The third-order valence-electron chi connectivity index (χ3n) is 11.1. The normalized spacial score (nSPS) is 20.6. The number of aliphatic hydroxyl groups is 3. The fourth-order valence-electron chi connectivity index (χ4n) is 7.34. The molecule has 0 heterocycles. The molecular weight excluding hydrogens is 773 g/mol. The van der Waals surface area contributed by atoms with Crippen LogP contribution in [0.4, 0.5) is 0 Å². The Balaban J connectivity index is 2.47. The van der Waals surface area contributed by atoms with Crippen LogP contribution >= 0.6 is 7.82 Å². The van der Waals surface area contributed by atoms with E-state index >= 15 is 0 Å². The van der Waals surface area contributed by atoms with Crippen LogP contribution in [-0.2, 0) is 32.7 Å². The van der Waals surface area contributed by atoms with Gasteiger partial charge in [0, 0.05) is 25.2 Å². The third kappa shape index (κ3) is 31.0. The molecule has 346 valence electrons. The monoisotopic (exact) mass is 861 g/mol. The number of likely N-dealkylation sites (N-methyl/N-ethyl adjacent to an activating group) is 1. The Kier molecular flexibility index (Phi) is 31.9. The molecule has 0 radical (unpaired) electrons. The van der Waals surface area contributed by atoms with Gasteiger partial charge in [-0.05, 0) is 57.3 Å². The SMILES string of the molecule is CCCCCCCC/C=C\CCCCCCCC(=O)OC[C@H](COP(=O)(O)OCC[N+](C)(C)C)OC(=O)CCCCCC[C@@H]1[C@@H](/C=C/[C@@H](O)CCCCC)[C@H](O)C[C@@H]1O. The first-order valence-electron chi connectivity index (χ1n) is 23.3. The van der Waals surface area contributed by atoms with Gasteiger partial charge < -0.3 is 34.2 Å². The molecule has 1 fully saturated rings. The molecule has 1 rings (SSSR count). The van der Waals surface area contributed by atoms with Crippen molar-refractivity contribution in [3.05, 3.63) is 24.3 Å². The van der Waals surface area contributed by atoms with E-state index in [4.69, 9.17) is 18.5 Å². The maximum atomic E-state index is 12.8. The van der Waals surface area contributed by atoms with Crippen LogP contribution in [0.3, 0.4) is 0 Å². The van der Waals surface area contributed by atoms with E-state index in [1.807, 2.05) is 27.2 Å². The summed E-state index contributed by atoms with van der Waals surface area (Å²) in [5.74, 6) is -1.24. The van der Waals surface area contributed by atoms with Crippen molar-refractivity contribution in [1.82, 2.24) is 0 Å². The van der Waals surface area contributed by atoms with Crippen LogP contribution < -0.4 is 0 Å². The second-order valence-electron chi connectivity index (χ2n) is 17.8. The molecule has 1 aliphatic carbocycles. The average Bonchev–Trinajstić information content (AvgIpc) is 3.44. The van der Waals surface area contributed by atoms with E-state index in [2.05, 4.69) is 26.0 Å². The highest BCUT2D eigenvalue weighted by atomic mass is 31.2. The second kappa shape index (κ2) is 33.9. The lowest BCUT2D eigenvalue weighted by Gasteiger charge is -2.24. The molecule has 4 N–H and O–H groups in total. The first kappa shape index (κ1) is 55.4. The van der Waals surface area contributed by atoms with Gasteiger partial charge in [0.2, 0.25) is 0 Å². The predicted octanol–water partition coefficient (Wildman–Crippen LogP) is 9.51. The van der Waals surface area contributed by atoms with Crippen molar-refractivity contribution in [1.29, 1.82) is 0 Å². The fraction of sp³-hybridized carbons (Fsp3) is 0.870. The summed E-state index contributed by atoms with van der Waals surface area (Å²) in [7, 11) is 1.34. The van der Waals surface area contributed by atoms with Gasteiger partial charge in [-0.15, -0.1) is 0 Å². The van der Waals surface area contributed by atoms with Crippen molar-refractivity contribution >= 4 is 19.8 Å². The highest BCUT2D eigenvalue weighted by Crippen LogP contribution is 2.43. The number of unbranched alkanes of at least 4 members (excludes halogenated alkanes) is 16. The molecule has 0 amide bonds. The number of allylic oxidation sites excluding steroid dienone is 2. The minimum absolute atomic E-state index is 0.00737. The third-order valence-corrected chi connectivity index (χ3v) is 12.0. The molecule has 0 saturated heterocycles. The number of quaternary nitrogens is 1.